The van der Waals surface area contributed by atoms with E-state index in [0.29, 0.717) is 24.0 Å². The van der Waals surface area contributed by atoms with Crippen molar-refractivity contribution in [3.63, 3.8) is 0 Å². The fourth-order valence-electron chi connectivity index (χ4n) is 5.34. The van der Waals surface area contributed by atoms with E-state index in [-0.39, 0.29) is 24.1 Å². The number of carbonyl (C=O) groups excluding carboxylic acids is 3. The highest BCUT2D eigenvalue weighted by molar-refractivity contribution is 7.99. The van der Waals surface area contributed by atoms with Crippen LogP contribution in [0.2, 0.25) is 0 Å². The number of rotatable bonds is 5. The predicted octanol–water partition coefficient (Wildman–Crippen LogP) is 3.04. The van der Waals surface area contributed by atoms with Crippen molar-refractivity contribution in [3.05, 3.63) is 30.5 Å². The Hall–Kier alpha value is -3.14. The monoisotopic (exact) mass is 478 g/mol. The van der Waals surface area contributed by atoms with E-state index in [1.807, 2.05) is 24.4 Å². The van der Waals surface area contributed by atoms with Crippen LogP contribution in [0, 0.1) is 0 Å². The third kappa shape index (κ3) is 3.51. The molecule has 0 atom stereocenters. The summed E-state index contributed by atoms with van der Waals surface area (Å²) in [5.74, 6) is -0.0340. The summed E-state index contributed by atoms with van der Waals surface area (Å²) in [5, 5.41) is 13.2. The van der Waals surface area contributed by atoms with Gasteiger partial charge in [-0.05, 0) is 31.7 Å². The molecule has 2 N–H and O–H groups in total. The molecule has 0 radical (unpaired) electrons. The average Bonchev–Trinajstić information content (AvgIpc) is 3.46. The number of piperazine rings is 1. The molecule has 2 aromatic heterocycles. The van der Waals surface area contributed by atoms with E-state index < -0.39 is 11.4 Å². The predicted molar refractivity (Wildman–Crippen MR) is 127 cm³/mol. The highest BCUT2D eigenvalue weighted by Crippen LogP contribution is 2.42. The summed E-state index contributed by atoms with van der Waals surface area (Å²) < 4.78 is 2.14. The van der Waals surface area contributed by atoms with Gasteiger partial charge in [0.15, 0.2) is 11.0 Å². The van der Waals surface area contributed by atoms with Crippen LogP contribution in [0.1, 0.15) is 51.0 Å². The number of nitrogens with one attached hydrogen (secondary N) is 2. The first-order chi connectivity index (χ1) is 16.6. The number of aromatic amines is 1. The number of thioether (sulfide) groups is 1. The number of amides is 3. The number of H-pyrrole nitrogens is 1. The van der Waals surface area contributed by atoms with Gasteiger partial charge in [-0.3, -0.25) is 24.3 Å². The SMILES string of the molecule is O=C1CN(C(=O)CSc2nnc(-c3c[nH]c4ccccc34)n2C2CC2)C2(CCCCC2)C(=O)N1. The fourth-order valence-corrected chi connectivity index (χ4v) is 6.22. The maximum atomic E-state index is 13.4. The van der Waals surface area contributed by atoms with Crippen molar-refractivity contribution in [2.45, 2.75) is 61.7 Å². The molecule has 2 aliphatic carbocycles. The van der Waals surface area contributed by atoms with Gasteiger partial charge in [-0.15, -0.1) is 10.2 Å². The molecule has 3 amide bonds. The van der Waals surface area contributed by atoms with Gasteiger partial charge >= 0.3 is 0 Å². The molecule has 1 aromatic carbocycles. The number of hydrogen-bond acceptors (Lipinski definition) is 6. The number of fused-ring (bicyclic) bond motifs is 1. The van der Waals surface area contributed by atoms with Crippen molar-refractivity contribution in [1.82, 2.24) is 30.0 Å². The van der Waals surface area contributed by atoms with Gasteiger partial charge < -0.3 is 9.88 Å². The van der Waals surface area contributed by atoms with Crippen molar-refractivity contribution >= 4 is 40.4 Å². The smallest absolute Gasteiger partial charge is 0.252 e. The van der Waals surface area contributed by atoms with Gasteiger partial charge in [0.25, 0.3) is 5.91 Å². The summed E-state index contributed by atoms with van der Waals surface area (Å²) >= 11 is 1.34. The Morgan fingerprint density at radius 1 is 1.12 bits per heavy atom. The third-order valence-electron chi connectivity index (χ3n) is 7.21. The maximum Gasteiger partial charge on any atom is 0.252 e. The van der Waals surface area contributed by atoms with Crippen LogP contribution in [0.15, 0.2) is 35.6 Å². The molecule has 34 heavy (non-hydrogen) atoms. The number of hydrogen-bond donors (Lipinski definition) is 2. The molecule has 9 nitrogen and oxygen atoms in total. The Balaban J connectivity index is 1.26. The molecule has 10 heteroatoms. The molecule has 3 aromatic rings. The Kier molecular flexibility index (Phi) is 5.20. The summed E-state index contributed by atoms with van der Waals surface area (Å²) in [6.45, 7) is -0.0684. The van der Waals surface area contributed by atoms with Gasteiger partial charge in [0.1, 0.15) is 12.1 Å². The molecule has 2 saturated carbocycles. The number of imide groups is 1. The van der Waals surface area contributed by atoms with E-state index in [0.717, 1.165) is 54.4 Å². The molecular formula is C24H26N6O3S. The largest absolute Gasteiger partial charge is 0.360 e. The number of carbonyl (C=O) groups is 3. The van der Waals surface area contributed by atoms with Crippen LogP contribution in [-0.2, 0) is 14.4 Å². The van der Waals surface area contributed by atoms with Crippen molar-refractivity contribution in [3.8, 4) is 11.4 Å². The lowest BCUT2D eigenvalue weighted by Gasteiger charge is -2.47. The minimum absolute atomic E-state index is 0.0684. The van der Waals surface area contributed by atoms with Gasteiger partial charge in [0.2, 0.25) is 11.8 Å². The van der Waals surface area contributed by atoms with Gasteiger partial charge in [0.05, 0.1) is 5.75 Å². The van der Waals surface area contributed by atoms with Crippen LogP contribution in [0.3, 0.4) is 0 Å². The Labute approximate surface area is 200 Å². The van der Waals surface area contributed by atoms with Gasteiger partial charge in [0, 0.05) is 28.7 Å². The molecule has 1 aliphatic heterocycles. The van der Waals surface area contributed by atoms with Crippen molar-refractivity contribution in [2.75, 3.05) is 12.3 Å². The van der Waals surface area contributed by atoms with Crippen molar-refractivity contribution < 1.29 is 14.4 Å². The van der Waals surface area contributed by atoms with Gasteiger partial charge in [-0.25, -0.2) is 0 Å². The lowest BCUT2D eigenvalue weighted by Crippen LogP contribution is -2.69. The third-order valence-corrected chi connectivity index (χ3v) is 8.14. The second kappa shape index (κ2) is 8.26. The maximum absolute atomic E-state index is 13.4. The second-order valence-corrected chi connectivity index (χ2v) is 10.3. The quantitative estimate of drug-likeness (QED) is 0.431. The van der Waals surface area contributed by atoms with Gasteiger partial charge in [-0.2, -0.15) is 0 Å². The normalized spacial score (nSPS) is 20.2. The Morgan fingerprint density at radius 3 is 2.71 bits per heavy atom. The van der Waals surface area contributed by atoms with Crippen molar-refractivity contribution in [1.29, 1.82) is 0 Å². The van der Waals surface area contributed by atoms with Crippen LogP contribution >= 0.6 is 11.8 Å². The van der Waals surface area contributed by atoms with E-state index in [9.17, 15) is 14.4 Å². The lowest BCUT2D eigenvalue weighted by molar-refractivity contribution is -0.158. The molecule has 176 valence electrons. The zero-order valence-corrected chi connectivity index (χ0v) is 19.6. The van der Waals surface area contributed by atoms with E-state index in [2.05, 4.69) is 31.1 Å². The summed E-state index contributed by atoms with van der Waals surface area (Å²) in [4.78, 5) is 43.1. The van der Waals surface area contributed by atoms with E-state index >= 15 is 0 Å². The summed E-state index contributed by atoms with van der Waals surface area (Å²) in [7, 11) is 0. The number of nitrogens with zero attached hydrogens (tertiary/aromatic N) is 4. The molecule has 0 unspecified atom stereocenters. The zero-order valence-electron chi connectivity index (χ0n) is 18.7. The zero-order chi connectivity index (χ0) is 23.3. The molecule has 1 saturated heterocycles. The van der Waals surface area contributed by atoms with Gasteiger partial charge in [-0.1, -0.05) is 49.2 Å². The topological polar surface area (TPSA) is 113 Å². The standard InChI is InChI=1S/C24H26N6O3S/c31-19-13-29(24(22(33)26-19)10-4-1-5-11-24)20(32)14-34-23-28-27-21(30(23)15-8-9-15)17-12-25-18-7-3-2-6-16(17)18/h2-3,6-7,12,15,25H,1,4-5,8-11,13-14H2,(H,26,31,33). The average molecular weight is 479 g/mol. The Bertz CT molecular complexity index is 1290. The second-order valence-electron chi connectivity index (χ2n) is 9.39. The summed E-state index contributed by atoms with van der Waals surface area (Å²) in [5.41, 5.74) is 1.13. The summed E-state index contributed by atoms with van der Waals surface area (Å²) in [6, 6.07) is 8.41. The lowest BCUT2D eigenvalue weighted by atomic mass is 9.78. The van der Waals surface area contributed by atoms with E-state index in [4.69, 9.17) is 0 Å². The first-order valence-electron chi connectivity index (χ1n) is 11.9. The number of para-hydroxylation sites is 1. The van der Waals surface area contributed by atoms with E-state index in [1.165, 1.54) is 16.7 Å². The first kappa shape index (κ1) is 21.4. The molecule has 0 bridgehead atoms. The molecule has 1 spiro atoms. The fraction of sp³-hybridized carbons (Fsp3) is 0.458. The highest BCUT2D eigenvalue weighted by atomic mass is 32.2. The highest BCUT2D eigenvalue weighted by Gasteiger charge is 2.50. The molecular weight excluding hydrogens is 452 g/mol. The van der Waals surface area contributed by atoms with E-state index in [1.54, 1.807) is 0 Å². The summed E-state index contributed by atoms with van der Waals surface area (Å²) in [6.07, 6.45) is 8.07. The molecule has 6 rings (SSSR count). The first-order valence-corrected chi connectivity index (χ1v) is 12.8. The van der Waals surface area contributed by atoms with Crippen molar-refractivity contribution in [2.24, 2.45) is 0 Å². The van der Waals surface area contributed by atoms with Crippen LogP contribution in [0.4, 0.5) is 0 Å². The van der Waals surface area contributed by atoms with Crippen LogP contribution in [0.25, 0.3) is 22.3 Å². The Morgan fingerprint density at radius 2 is 1.91 bits per heavy atom. The van der Waals surface area contributed by atoms with Crippen LogP contribution < -0.4 is 5.32 Å². The molecule has 3 fully saturated rings. The minimum Gasteiger partial charge on any atom is -0.360 e. The van der Waals surface area contributed by atoms with Crippen LogP contribution in [-0.4, -0.2) is 60.2 Å². The number of aromatic nitrogens is 4. The molecule has 3 heterocycles. The number of benzene rings is 1. The van der Waals surface area contributed by atoms with Crippen LogP contribution in [0.5, 0.6) is 0 Å². The minimum atomic E-state index is -0.900. The molecule has 3 aliphatic rings.